The molecule has 1 aliphatic rings. The van der Waals surface area contributed by atoms with Gasteiger partial charge in [0.15, 0.2) is 0 Å². The minimum atomic E-state index is -3.95. The van der Waals surface area contributed by atoms with Crippen molar-refractivity contribution >= 4 is 33.2 Å². The van der Waals surface area contributed by atoms with Crippen molar-refractivity contribution in [2.75, 3.05) is 30.5 Å². The lowest BCUT2D eigenvalue weighted by molar-refractivity contribution is -0.0124. The summed E-state index contributed by atoms with van der Waals surface area (Å²) < 4.78 is 33.4. The van der Waals surface area contributed by atoms with Crippen molar-refractivity contribution in [3.05, 3.63) is 71.8 Å². The maximum atomic E-state index is 13.4. The molecule has 1 fully saturated rings. The van der Waals surface area contributed by atoms with E-state index in [9.17, 15) is 13.2 Å². The Morgan fingerprint density at radius 2 is 2.07 bits per heavy atom. The van der Waals surface area contributed by atoms with Crippen LogP contribution in [-0.4, -0.2) is 51.6 Å². The number of para-hydroxylation sites is 1. The molecule has 1 saturated heterocycles. The van der Waals surface area contributed by atoms with Gasteiger partial charge in [0, 0.05) is 18.7 Å². The van der Waals surface area contributed by atoms with Crippen LogP contribution in [0.3, 0.4) is 0 Å². The highest BCUT2D eigenvalue weighted by atomic mass is 35.5. The Balaban J connectivity index is 1.96. The van der Waals surface area contributed by atoms with Gasteiger partial charge in [0.25, 0.3) is 15.9 Å². The summed E-state index contributed by atoms with van der Waals surface area (Å²) >= 11 is 6.23. The molecule has 1 atom stereocenters. The molecular weight excluding hydrogens is 412 g/mol. The lowest BCUT2D eigenvalue weighted by Gasteiger charge is -2.31. The first-order chi connectivity index (χ1) is 13.8. The van der Waals surface area contributed by atoms with Gasteiger partial charge in [-0.05, 0) is 37.3 Å². The van der Waals surface area contributed by atoms with Crippen LogP contribution in [0.2, 0.25) is 5.02 Å². The van der Waals surface area contributed by atoms with E-state index in [1.165, 1.54) is 22.5 Å². The first kappa shape index (κ1) is 21.4. The van der Waals surface area contributed by atoms with E-state index in [2.05, 4.69) is 6.58 Å². The summed E-state index contributed by atoms with van der Waals surface area (Å²) in [5.41, 5.74) is 0.672. The van der Waals surface area contributed by atoms with Gasteiger partial charge in [-0.1, -0.05) is 35.9 Å². The molecule has 0 saturated carbocycles. The highest BCUT2D eigenvalue weighted by Crippen LogP contribution is 2.30. The van der Waals surface area contributed by atoms with Gasteiger partial charge >= 0.3 is 0 Å². The highest BCUT2D eigenvalue weighted by Gasteiger charge is 2.28. The Morgan fingerprint density at radius 1 is 1.31 bits per heavy atom. The fourth-order valence-electron chi connectivity index (χ4n) is 3.20. The lowest BCUT2D eigenvalue weighted by Crippen LogP contribution is -2.44. The van der Waals surface area contributed by atoms with E-state index in [1.54, 1.807) is 41.3 Å². The van der Waals surface area contributed by atoms with Gasteiger partial charge in [-0.25, -0.2) is 8.42 Å². The number of halogens is 1. The van der Waals surface area contributed by atoms with Gasteiger partial charge in [-0.15, -0.1) is 6.58 Å². The van der Waals surface area contributed by atoms with Crippen molar-refractivity contribution in [3.63, 3.8) is 0 Å². The maximum absolute atomic E-state index is 13.4. The van der Waals surface area contributed by atoms with Crippen molar-refractivity contribution in [3.8, 4) is 0 Å². The molecule has 3 rings (SSSR count). The van der Waals surface area contributed by atoms with Gasteiger partial charge in [0.2, 0.25) is 0 Å². The van der Waals surface area contributed by atoms with E-state index < -0.39 is 10.0 Å². The molecule has 1 amide bonds. The first-order valence-corrected chi connectivity index (χ1v) is 11.1. The molecule has 1 aliphatic heterocycles. The molecule has 29 heavy (non-hydrogen) atoms. The molecule has 1 heterocycles. The van der Waals surface area contributed by atoms with Crippen LogP contribution in [0.5, 0.6) is 0 Å². The summed E-state index contributed by atoms with van der Waals surface area (Å²) in [5.74, 6) is -0.217. The third-order valence-electron chi connectivity index (χ3n) is 4.61. The minimum Gasteiger partial charge on any atom is -0.375 e. The number of sulfonamides is 1. The van der Waals surface area contributed by atoms with E-state index in [4.69, 9.17) is 16.3 Å². The van der Waals surface area contributed by atoms with Crippen LogP contribution in [0, 0.1) is 0 Å². The zero-order valence-electron chi connectivity index (χ0n) is 16.1. The van der Waals surface area contributed by atoms with Crippen molar-refractivity contribution in [1.82, 2.24) is 4.90 Å². The van der Waals surface area contributed by atoms with Crippen LogP contribution in [0.25, 0.3) is 0 Å². The predicted octanol–water partition coefficient (Wildman–Crippen LogP) is 3.58. The molecule has 6 nitrogen and oxygen atoms in total. The molecule has 0 aromatic heterocycles. The molecule has 2 aromatic rings. The fourth-order valence-corrected chi connectivity index (χ4v) is 4.99. The van der Waals surface area contributed by atoms with Crippen LogP contribution >= 0.6 is 11.6 Å². The van der Waals surface area contributed by atoms with Gasteiger partial charge in [-0.2, -0.15) is 0 Å². The summed E-state index contributed by atoms with van der Waals surface area (Å²) in [4.78, 5) is 14.6. The molecule has 0 unspecified atom stereocenters. The second-order valence-corrected chi connectivity index (χ2v) is 9.01. The Kier molecular flexibility index (Phi) is 6.62. The standard InChI is InChI=1S/C21H23ClN2O4S/c1-3-11-24(20-10-5-4-9-19(20)22)29(26,27)18-8-6-7-17(14-18)21(25)23-12-13-28-16(2)15-23/h3-10,14,16H,1,11-13,15H2,2H3/t16-/m0/s1. The summed E-state index contributed by atoms with van der Waals surface area (Å²) in [7, 11) is -3.95. The van der Waals surface area contributed by atoms with E-state index >= 15 is 0 Å². The molecule has 2 aromatic carbocycles. The summed E-state index contributed by atoms with van der Waals surface area (Å²) in [6.07, 6.45) is 1.44. The summed E-state index contributed by atoms with van der Waals surface area (Å²) in [6.45, 7) is 7.01. The number of ether oxygens (including phenoxy) is 1. The largest absolute Gasteiger partial charge is 0.375 e. The Morgan fingerprint density at radius 3 is 2.76 bits per heavy atom. The molecule has 0 radical (unpaired) electrons. The number of morpholine rings is 1. The summed E-state index contributed by atoms with van der Waals surface area (Å²) in [6, 6.07) is 12.8. The molecule has 0 aliphatic carbocycles. The number of amides is 1. The molecular formula is C21H23ClN2O4S. The number of carbonyl (C=O) groups excluding carboxylic acids is 1. The van der Waals surface area contributed by atoms with E-state index in [0.717, 1.165) is 0 Å². The quantitative estimate of drug-likeness (QED) is 0.652. The minimum absolute atomic E-state index is 0.0198. The van der Waals surface area contributed by atoms with Crippen LogP contribution < -0.4 is 4.31 Å². The third kappa shape index (κ3) is 4.63. The van der Waals surface area contributed by atoms with Crippen LogP contribution in [0.15, 0.2) is 66.1 Å². The van der Waals surface area contributed by atoms with Gasteiger partial charge in [-0.3, -0.25) is 9.10 Å². The average molecular weight is 435 g/mol. The van der Waals surface area contributed by atoms with Crippen LogP contribution in [-0.2, 0) is 14.8 Å². The molecule has 0 N–H and O–H groups in total. The van der Waals surface area contributed by atoms with E-state index in [0.29, 0.717) is 36.0 Å². The Labute approximate surface area is 176 Å². The SMILES string of the molecule is C=CCN(c1ccccc1Cl)S(=O)(=O)c1cccc(C(=O)N2CCO[C@@H](C)C2)c1. The molecule has 8 heteroatoms. The van der Waals surface area contributed by atoms with E-state index in [-0.39, 0.29) is 23.5 Å². The normalized spacial score (nSPS) is 17.0. The zero-order valence-corrected chi connectivity index (χ0v) is 17.7. The third-order valence-corrected chi connectivity index (χ3v) is 6.71. The van der Waals surface area contributed by atoms with Crippen molar-refractivity contribution in [1.29, 1.82) is 0 Å². The number of anilines is 1. The number of rotatable bonds is 6. The second-order valence-electron chi connectivity index (χ2n) is 6.74. The fraction of sp³-hybridized carbons (Fsp3) is 0.286. The number of nitrogens with zero attached hydrogens (tertiary/aromatic N) is 2. The Hall–Kier alpha value is -2.35. The van der Waals surface area contributed by atoms with Crippen molar-refractivity contribution in [2.45, 2.75) is 17.9 Å². The molecule has 0 bridgehead atoms. The number of hydrogen-bond donors (Lipinski definition) is 0. The van der Waals surface area contributed by atoms with Crippen LogP contribution in [0.4, 0.5) is 5.69 Å². The average Bonchev–Trinajstić information content (AvgIpc) is 2.72. The number of benzene rings is 2. The van der Waals surface area contributed by atoms with Crippen LogP contribution in [0.1, 0.15) is 17.3 Å². The molecule has 154 valence electrons. The van der Waals surface area contributed by atoms with Crippen molar-refractivity contribution in [2.24, 2.45) is 0 Å². The highest BCUT2D eigenvalue weighted by molar-refractivity contribution is 7.92. The van der Waals surface area contributed by atoms with Crippen molar-refractivity contribution < 1.29 is 17.9 Å². The Bertz CT molecular complexity index is 1010. The molecule has 0 spiro atoms. The first-order valence-electron chi connectivity index (χ1n) is 9.23. The topological polar surface area (TPSA) is 66.9 Å². The smallest absolute Gasteiger partial charge is 0.264 e. The lowest BCUT2D eigenvalue weighted by atomic mass is 10.2. The van der Waals surface area contributed by atoms with Gasteiger partial charge < -0.3 is 9.64 Å². The monoisotopic (exact) mass is 434 g/mol. The summed E-state index contributed by atoms with van der Waals surface area (Å²) in [5, 5.41) is 0.312. The zero-order chi connectivity index (χ0) is 21.0. The van der Waals surface area contributed by atoms with E-state index in [1.807, 2.05) is 6.92 Å². The second kappa shape index (κ2) is 8.98. The van der Waals surface area contributed by atoms with Gasteiger partial charge in [0.1, 0.15) is 0 Å². The number of carbonyl (C=O) groups is 1. The number of hydrogen-bond acceptors (Lipinski definition) is 4. The van der Waals surface area contributed by atoms with Gasteiger partial charge in [0.05, 0.1) is 34.9 Å². The predicted molar refractivity (Wildman–Crippen MR) is 114 cm³/mol. The maximum Gasteiger partial charge on any atom is 0.264 e.